The predicted octanol–water partition coefficient (Wildman–Crippen LogP) is 3.84. The van der Waals surface area contributed by atoms with Gasteiger partial charge in [-0.3, -0.25) is 0 Å². The summed E-state index contributed by atoms with van der Waals surface area (Å²) in [5.41, 5.74) is 8.62. The molecule has 1 heterocycles. The summed E-state index contributed by atoms with van der Waals surface area (Å²) in [6.07, 6.45) is 8.10. The van der Waals surface area contributed by atoms with Gasteiger partial charge >= 0.3 is 0 Å². The average Bonchev–Trinajstić information content (AvgIpc) is 3.05. The zero-order valence-corrected chi connectivity index (χ0v) is 12.4. The molecule has 2 aliphatic rings. The van der Waals surface area contributed by atoms with Crippen LogP contribution < -0.4 is 5.73 Å². The molecule has 0 unspecified atom stereocenters. The van der Waals surface area contributed by atoms with E-state index in [-0.39, 0.29) is 5.54 Å². The van der Waals surface area contributed by atoms with Crippen molar-refractivity contribution < 1.29 is 0 Å². The molecule has 2 aromatic rings. The van der Waals surface area contributed by atoms with Crippen molar-refractivity contribution in [1.29, 1.82) is 0 Å². The van der Waals surface area contributed by atoms with Crippen molar-refractivity contribution >= 4 is 22.6 Å². The van der Waals surface area contributed by atoms with E-state index in [1.807, 2.05) is 12.1 Å². The molecule has 4 rings (SSSR count). The van der Waals surface area contributed by atoms with E-state index in [1.165, 1.54) is 25.7 Å². The van der Waals surface area contributed by atoms with E-state index in [4.69, 9.17) is 22.3 Å². The molecule has 0 amide bonds. The molecule has 0 bridgehead atoms. The number of aromatic nitrogens is 2. The van der Waals surface area contributed by atoms with Gasteiger partial charge in [0.1, 0.15) is 5.82 Å². The first kappa shape index (κ1) is 12.7. The normalized spacial score (nSPS) is 21.7. The third kappa shape index (κ3) is 2.04. The number of hydrogen-bond donors (Lipinski definition) is 1. The van der Waals surface area contributed by atoms with Gasteiger partial charge < -0.3 is 10.3 Å². The number of rotatable bonds is 3. The smallest absolute Gasteiger partial charge is 0.112 e. The fraction of sp³-hybridized carbons (Fsp3) is 0.562. The molecule has 106 valence electrons. The van der Waals surface area contributed by atoms with Crippen LogP contribution in [-0.4, -0.2) is 15.1 Å². The number of nitrogens with zero attached hydrogens (tertiary/aromatic N) is 2. The van der Waals surface area contributed by atoms with Gasteiger partial charge in [0.25, 0.3) is 0 Å². The van der Waals surface area contributed by atoms with Crippen molar-refractivity contribution in [2.45, 2.75) is 56.5 Å². The van der Waals surface area contributed by atoms with Crippen LogP contribution in [0.25, 0.3) is 11.0 Å². The van der Waals surface area contributed by atoms with Gasteiger partial charge in [0, 0.05) is 18.0 Å². The highest BCUT2D eigenvalue weighted by atomic mass is 35.5. The highest BCUT2D eigenvalue weighted by Gasteiger charge is 2.35. The molecule has 1 aromatic heterocycles. The molecule has 0 atom stereocenters. The van der Waals surface area contributed by atoms with Gasteiger partial charge in [0.15, 0.2) is 0 Å². The number of nitrogens with two attached hydrogens (primary N) is 1. The molecule has 2 N–H and O–H groups in total. The predicted molar refractivity (Wildman–Crippen MR) is 82.1 cm³/mol. The fourth-order valence-electron chi connectivity index (χ4n) is 3.58. The lowest BCUT2D eigenvalue weighted by Gasteiger charge is -2.23. The van der Waals surface area contributed by atoms with Crippen LogP contribution in [0.4, 0.5) is 0 Å². The molecular weight excluding hydrogens is 270 g/mol. The van der Waals surface area contributed by atoms with Crippen LogP contribution in [0.2, 0.25) is 5.02 Å². The van der Waals surface area contributed by atoms with E-state index in [0.717, 1.165) is 41.1 Å². The number of benzene rings is 1. The van der Waals surface area contributed by atoms with Crippen molar-refractivity contribution in [2.24, 2.45) is 5.73 Å². The lowest BCUT2D eigenvalue weighted by molar-refractivity contribution is 0.419. The van der Waals surface area contributed by atoms with Crippen molar-refractivity contribution in [3.8, 4) is 0 Å². The summed E-state index contributed by atoms with van der Waals surface area (Å²) in [4.78, 5) is 4.84. The Morgan fingerprint density at radius 2 is 2.05 bits per heavy atom. The molecular formula is C16H20ClN3. The largest absolute Gasteiger partial charge is 0.325 e. The number of hydrogen-bond acceptors (Lipinski definition) is 2. The Balaban J connectivity index is 1.82. The summed E-state index contributed by atoms with van der Waals surface area (Å²) < 4.78 is 2.37. The summed E-state index contributed by atoms with van der Waals surface area (Å²) in [6, 6.07) is 6.58. The lowest BCUT2D eigenvalue weighted by atomic mass is 9.94. The van der Waals surface area contributed by atoms with E-state index in [0.29, 0.717) is 6.04 Å². The number of para-hydroxylation sites is 1. The van der Waals surface area contributed by atoms with Crippen molar-refractivity contribution in [3.05, 3.63) is 29.0 Å². The SMILES string of the molecule is NC1(Cc2nc3cccc(Cl)c3n2C2CC2)CCCC1. The minimum atomic E-state index is -0.0551. The lowest BCUT2D eigenvalue weighted by Crippen LogP contribution is -2.39. The highest BCUT2D eigenvalue weighted by Crippen LogP contribution is 2.42. The second-order valence-corrected chi connectivity index (χ2v) is 6.89. The topological polar surface area (TPSA) is 43.8 Å². The van der Waals surface area contributed by atoms with Gasteiger partial charge in [0.2, 0.25) is 0 Å². The first-order valence-electron chi connectivity index (χ1n) is 7.61. The molecule has 2 saturated carbocycles. The molecule has 20 heavy (non-hydrogen) atoms. The Kier molecular flexibility index (Phi) is 2.83. The third-order valence-corrected chi connectivity index (χ3v) is 5.06. The Labute approximate surface area is 124 Å². The number of fused-ring (bicyclic) bond motifs is 1. The van der Waals surface area contributed by atoms with Crippen LogP contribution in [0.3, 0.4) is 0 Å². The minimum absolute atomic E-state index is 0.0551. The van der Waals surface area contributed by atoms with E-state index >= 15 is 0 Å². The maximum absolute atomic E-state index is 6.55. The van der Waals surface area contributed by atoms with Crippen LogP contribution in [-0.2, 0) is 6.42 Å². The minimum Gasteiger partial charge on any atom is -0.325 e. The summed E-state index contributed by atoms with van der Waals surface area (Å²) in [5, 5.41) is 0.811. The van der Waals surface area contributed by atoms with E-state index in [2.05, 4.69) is 10.6 Å². The van der Waals surface area contributed by atoms with Crippen molar-refractivity contribution in [1.82, 2.24) is 9.55 Å². The van der Waals surface area contributed by atoms with Crippen molar-refractivity contribution in [3.63, 3.8) is 0 Å². The monoisotopic (exact) mass is 289 g/mol. The van der Waals surface area contributed by atoms with Crippen LogP contribution in [0.1, 0.15) is 50.4 Å². The van der Waals surface area contributed by atoms with Crippen LogP contribution in [0.15, 0.2) is 18.2 Å². The molecule has 3 nitrogen and oxygen atoms in total. The zero-order chi connectivity index (χ0) is 13.7. The molecule has 2 fully saturated rings. The number of imidazole rings is 1. The van der Waals surface area contributed by atoms with Gasteiger partial charge in [-0.05, 0) is 37.8 Å². The molecule has 0 saturated heterocycles. The summed E-state index contributed by atoms with van der Waals surface area (Å²) in [6.45, 7) is 0. The first-order chi connectivity index (χ1) is 9.66. The third-order valence-electron chi connectivity index (χ3n) is 4.76. The van der Waals surface area contributed by atoms with Crippen molar-refractivity contribution in [2.75, 3.05) is 0 Å². The van der Waals surface area contributed by atoms with Gasteiger partial charge in [-0.25, -0.2) is 4.98 Å². The quantitative estimate of drug-likeness (QED) is 0.933. The molecule has 0 radical (unpaired) electrons. The second-order valence-electron chi connectivity index (χ2n) is 6.48. The van der Waals surface area contributed by atoms with E-state index in [1.54, 1.807) is 0 Å². The van der Waals surface area contributed by atoms with Gasteiger partial charge in [-0.1, -0.05) is 30.5 Å². The maximum Gasteiger partial charge on any atom is 0.112 e. The van der Waals surface area contributed by atoms with Gasteiger partial charge in [0.05, 0.1) is 16.1 Å². The van der Waals surface area contributed by atoms with E-state index < -0.39 is 0 Å². The number of halogens is 1. The van der Waals surface area contributed by atoms with Crippen LogP contribution in [0, 0.1) is 0 Å². The maximum atomic E-state index is 6.55. The average molecular weight is 290 g/mol. The Hall–Kier alpha value is -1.06. The van der Waals surface area contributed by atoms with E-state index in [9.17, 15) is 0 Å². The second kappa shape index (κ2) is 4.47. The Bertz CT molecular complexity index is 651. The summed E-state index contributed by atoms with van der Waals surface area (Å²) in [5.74, 6) is 1.14. The van der Waals surface area contributed by atoms with Crippen LogP contribution in [0.5, 0.6) is 0 Å². The summed E-state index contributed by atoms with van der Waals surface area (Å²) >= 11 is 6.41. The fourth-order valence-corrected chi connectivity index (χ4v) is 3.84. The molecule has 1 aromatic carbocycles. The molecule has 0 aliphatic heterocycles. The summed E-state index contributed by atoms with van der Waals surface area (Å²) in [7, 11) is 0. The standard InChI is InChI=1S/C16H20ClN3/c17-12-4-3-5-13-15(12)20(11-6-7-11)14(19-13)10-16(18)8-1-2-9-16/h3-5,11H,1-2,6-10,18H2. The molecule has 2 aliphatic carbocycles. The van der Waals surface area contributed by atoms with Gasteiger partial charge in [-0.15, -0.1) is 0 Å². The molecule has 4 heteroatoms. The Morgan fingerprint density at radius 3 is 2.75 bits per heavy atom. The first-order valence-corrected chi connectivity index (χ1v) is 7.98. The Morgan fingerprint density at radius 1 is 1.30 bits per heavy atom. The van der Waals surface area contributed by atoms with Crippen LogP contribution >= 0.6 is 11.6 Å². The molecule has 0 spiro atoms. The highest BCUT2D eigenvalue weighted by molar-refractivity contribution is 6.35. The zero-order valence-electron chi connectivity index (χ0n) is 11.6. The van der Waals surface area contributed by atoms with Gasteiger partial charge in [-0.2, -0.15) is 0 Å².